The average Bonchev–Trinajstić information content (AvgIpc) is 2.94. The summed E-state index contributed by atoms with van der Waals surface area (Å²) in [6.07, 6.45) is 1.84. The summed E-state index contributed by atoms with van der Waals surface area (Å²) in [4.78, 5) is 29.3. The van der Waals surface area contributed by atoms with Gasteiger partial charge < -0.3 is 15.0 Å². The zero-order chi connectivity index (χ0) is 31.0. The quantitative estimate of drug-likeness (QED) is 0.245. The molecule has 3 aromatic rings. The second-order valence-electron chi connectivity index (χ2n) is 9.83. The molecule has 0 heterocycles. The number of carbonyl (C=O) groups excluding carboxylic acids is 2. The molecule has 42 heavy (non-hydrogen) atoms. The van der Waals surface area contributed by atoms with Crippen molar-refractivity contribution in [2.24, 2.45) is 0 Å². The van der Waals surface area contributed by atoms with Crippen LogP contribution in [0.25, 0.3) is 0 Å². The lowest BCUT2D eigenvalue weighted by Crippen LogP contribution is -2.54. The van der Waals surface area contributed by atoms with Crippen molar-refractivity contribution in [1.29, 1.82) is 0 Å². The Hall–Kier alpha value is -2.98. The molecule has 0 radical (unpaired) electrons. The van der Waals surface area contributed by atoms with Crippen molar-refractivity contribution in [3.8, 4) is 5.75 Å². The lowest BCUT2D eigenvalue weighted by Gasteiger charge is -2.34. The molecule has 0 aromatic heterocycles. The van der Waals surface area contributed by atoms with Crippen molar-refractivity contribution in [2.75, 3.05) is 24.2 Å². The SMILES string of the molecule is CC[C@@H](C)NC(=O)[C@@H](Cc1ccccc1)N(Cc1c(Cl)cccc1Cl)C(=O)CN(c1ccc(OC)c(Cl)c1)S(C)(=O)=O. The molecule has 1 N–H and O–H groups in total. The number of nitrogens with one attached hydrogen (secondary N) is 1. The van der Waals surface area contributed by atoms with E-state index in [0.717, 1.165) is 16.1 Å². The van der Waals surface area contributed by atoms with E-state index < -0.39 is 28.5 Å². The summed E-state index contributed by atoms with van der Waals surface area (Å²) in [5.74, 6) is -0.675. The summed E-state index contributed by atoms with van der Waals surface area (Å²) in [7, 11) is -2.53. The molecule has 0 saturated carbocycles. The van der Waals surface area contributed by atoms with Gasteiger partial charge in [-0.15, -0.1) is 0 Å². The smallest absolute Gasteiger partial charge is 0.244 e. The highest BCUT2D eigenvalue weighted by Crippen LogP contribution is 2.31. The minimum absolute atomic E-state index is 0.135. The Morgan fingerprint density at radius 2 is 1.60 bits per heavy atom. The normalized spacial score (nSPS) is 12.7. The maximum absolute atomic E-state index is 14.2. The second kappa shape index (κ2) is 15.0. The van der Waals surface area contributed by atoms with Gasteiger partial charge in [0.1, 0.15) is 18.3 Å². The van der Waals surface area contributed by atoms with Crippen molar-refractivity contribution in [3.05, 3.63) is 92.9 Å². The van der Waals surface area contributed by atoms with Crippen LogP contribution in [0.4, 0.5) is 5.69 Å². The molecule has 0 aliphatic carbocycles. The van der Waals surface area contributed by atoms with E-state index in [2.05, 4.69) is 5.32 Å². The van der Waals surface area contributed by atoms with Crippen LogP contribution in [-0.4, -0.2) is 57.1 Å². The Balaban J connectivity index is 2.12. The van der Waals surface area contributed by atoms with E-state index in [9.17, 15) is 18.0 Å². The van der Waals surface area contributed by atoms with E-state index in [-0.39, 0.29) is 35.6 Å². The molecule has 2 atom stereocenters. The first-order chi connectivity index (χ1) is 19.8. The maximum Gasteiger partial charge on any atom is 0.244 e. The Morgan fingerprint density at radius 3 is 2.14 bits per heavy atom. The Kier molecular flexibility index (Phi) is 11.9. The summed E-state index contributed by atoms with van der Waals surface area (Å²) < 4.78 is 32.0. The largest absolute Gasteiger partial charge is 0.495 e. The molecule has 3 aromatic carbocycles. The Labute approximate surface area is 262 Å². The van der Waals surface area contributed by atoms with Crippen LogP contribution in [0.2, 0.25) is 15.1 Å². The number of methoxy groups -OCH3 is 1. The van der Waals surface area contributed by atoms with Gasteiger partial charge in [0.2, 0.25) is 21.8 Å². The minimum Gasteiger partial charge on any atom is -0.495 e. The first kappa shape index (κ1) is 33.5. The van der Waals surface area contributed by atoms with Gasteiger partial charge in [-0.3, -0.25) is 13.9 Å². The predicted molar refractivity (Wildman–Crippen MR) is 169 cm³/mol. The van der Waals surface area contributed by atoms with Gasteiger partial charge in [0.15, 0.2) is 0 Å². The van der Waals surface area contributed by atoms with Gasteiger partial charge in [0, 0.05) is 34.6 Å². The van der Waals surface area contributed by atoms with Crippen LogP contribution in [0, 0.1) is 0 Å². The summed E-state index contributed by atoms with van der Waals surface area (Å²) >= 11 is 19.3. The van der Waals surface area contributed by atoms with Crippen LogP contribution in [0.1, 0.15) is 31.4 Å². The molecule has 0 spiro atoms. The topological polar surface area (TPSA) is 96.0 Å². The fraction of sp³-hybridized carbons (Fsp3) is 0.333. The predicted octanol–water partition coefficient (Wildman–Crippen LogP) is 5.98. The number of halogens is 3. The Bertz CT molecular complexity index is 1490. The average molecular weight is 655 g/mol. The molecule has 0 saturated heterocycles. The van der Waals surface area contributed by atoms with E-state index in [1.807, 2.05) is 44.2 Å². The van der Waals surface area contributed by atoms with E-state index in [1.165, 1.54) is 30.2 Å². The van der Waals surface area contributed by atoms with Crippen LogP contribution >= 0.6 is 34.8 Å². The van der Waals surface area contributed by atoms with Crippen molar-refractivity contribution >= 4 is 62.3 Å². The summed E-state index contributed by atoms with van der Waals surface area (Å²) in [5, 5.41) is 3.76. The number of hydrogen-bond donors (Lipinski definition) is 1. The van der Waals surface area contributed by atoms with Crippen LogP contribution in [0.5, 0.6) is 5.75 Å². The lowest BCUT2D eigenvalue weighted by molar-refractivity contribution is -0.140. The fourth-order valence-electron chi connectivity index (χ4n) is 4.27. The molecule has 2 amide bonds. The summed E-state index contributed by atoms with van der Waals surface area (Å²) in [5.41, 5.74) is 1.41. The molecule has 0 unspecified atom stereocenters. The van der Waals surface area contributed by atoms with Crippen LogP contribution < -0.4 is 14.4 Å². The number of ether oxygens (including phenoxy) is 1. The first-order valence-electron chi connectivity index (χ1n) is 13.2. The molecule has 0 bridgehead atoms. The monoisotopic (exact) mass is 653 g/mol. The standard InChI is InChI=1S/C30H34Cl3N3O5S/c1-5-20(2)34-30(38)27(16-21-10-7-6-8-11-21)35(18-23-24(31)12-9-13-25(23)32)29(37)19-36(42(4,39)40)22-14-15-28(41-3)26(33)17-22/h6-15,17,20,27H,5,16,18-19H2,1-4H3,(H,34,38)/t20-,27-/m1/s1. The van der Waals surface area contributed by atoms with E-state index in [1.54, 1.807) is 18.2 Å². The number of rotatable bonds is 13. The summed E-state index contributed by atoms with van der Waals surface area (Å²) in [6.45, 7) is 3.07. The highest BCUT2D eigenvalue weighted by molar-refractivity contribution is 7.92. The van der Waals surface area contributed by atoms with Gasteiger partial charge in [-0.2, -0.15) is 0 Å². The van der Waals surface area contributed by atoms with Crippen LogP contribution in [-0.2, 0) is 32.6 Å². The third-order valence-electron chi connectivity index (χ3n) is 6.76. The van der Waals surface area contributed by atoms with Crippen molar-refractivity contribution in [3.63, 3.8) is 0 Å². The summed E-state index contributed by atoms with van der Waals surface area (Å²) in [6, 6.07) is 17.4. The number of nitrogens with zero attached hydrogens (tertiary/aromatic N) is 2. The van der Waals surface area contributed by atoms with Gasteiger partial charge in [0.25, 0.3) is 0 Å². The Morgan fingerprint density at radius 1 is 0.952 bits per heavy atom. The van der Waals surface area contributed by atoms with E-state index in [4.69, 9.17) is 39.5 Å². The number of sulfonamides is 1. The van der Waals surface area contributed by atoms with Crippen molar-refractivity contribution < 1.29 is 22.7 Å². The number of benzene rings is 3. The van der Waals surface area contributed by atoms with E-state index >= 15 is 0 Å². The zero-order valence-corrected chi connectivity index (χ0v) is 26.9. The highest BCUT2D eigenvalue weighted by Gasteiger charge is 2.34. The number of amides is 2. The van der Waals surface area contributed by atoms with Crippen molar-refractivity contribution in [1.82, 2.24) is 10.2 Å². The molecule has 8 nitrogen and oxygen atoms in total. The number of hydrogen-bond acceptors (Lipinski definition) is 5. The van der Waals surface area contributed by atoms with E-state index in [0.29, 0.717) is 27.8 Å². The molecule has 0 aliphatic rings. The van der Waals surface area contributed by atoms with Gasteiger partial charge in [0.05, 0.1) is 24.1 Å². The van der Waals surface area contributed by atoms with Gasteiger partial charge >= 0.3 is 0 Å². The molecule has 0 aliphatic heterocycles. The highest BCUT2D eigenvalue weighted by atomic mass is 35.5. The lowest BCUT2D eigenvalue weighted by atomic mass is 10.0. The molecule has 0 fully saturated rings. The maximum atomic E-state index is 14.2. The van der Waals surface area contributed by atoms with Gasteiger partial charge in [-0.05, 0) is 49.2 Å². The molecule has 12 heteroatoms. The van der Waals surface area contributed by atoms with Crippen LogP contribution in [0.3, 0.4) is 0 Å². The third kappa shape index (κ3) is 8.77. The number of anilines is 1. The molecule has 226 valence electrons. The first-order valence-corrected chi connectivity index (χ1v) is 16.2. The number of carbonyl (C=O) groups is 2. The molecular weight excluding hydrogens is 621 g/mol. The zero-order valence-electron chi connectivity index (χ0n) is 23.8. The van der Waals surface area contributed by atoms with Crippen molar-refractivity contribution in [2.45, 2.75) is 45.3 Å². The van der Waals surface area contributed by atoms with Gasteiger partial charge in [-0.1, -0.05) is 78.1 Å². The molecular formula is C30H34Cl3N3O5S. The van der Waals surface area contributed by atoms with Gasteiger partial charge in [-0.25, -0.2) is 8.42 Å². The van der Waals surface area contributed by atoms with Crippen LogP contribution in [0.15, 0.2) is 66.7 Å². The third-order valence-corrected chi connectivity index (χ3v) is 8.91. The second-order valence-corrected chi connectivity index (χ2v) is 13.0. The fourth-order valence-corrected chi connectivity index (χ4v) is 5.88. The minimum atomic E-state index is -3.97. The molecule has 3 rings (SSSR count).